The Morgan fingerprint density at radius 1 is 0.524 bits per heavy atom. The fourth-order valence-corrected chi connectivity index (χ4v) is 5.21. The maximum atomic E-state index is 11.9. The normalized spacial score (nSPS) is 11.5. The van der Waals surface area contributed by atoms with Gasteiger partial charge in [0.15, 0.2) is 0 Å². The number of hydrogen-bond donors (Lipinski definition) is 0. The molecule has 228 valence electrons. The monoisotopic (exact) mass is 574 g/mol. The second-order valence-corrected chi connectivity index (χ2v) is 10.7. The number of rotatable bonds is 23. The predicted octanol–water partition coefficient (Wildman–Crippen LogP) is 8.49. The lowest BCUT2D eigenvalue weighted by Crippen LogP contribution is -2.34. The van der Waals surface area contributed by atoms with Gasteiger partial charge in [0.25, 0.3) is 0 Å². The third kappa shape index (κ3) is 11.7. The highest BCUT2D eigenvalue weighted by atomic mass is 16.6. The zero-order valence-electron chi connectivity index (χ0n) is 25.5. The summed E-state index contributed by atoms with van der Waals surface area (Å²) in [5.41, 5.74) is 2.45. The summed E-state index contributed by atoms with van der Waals surface area (Å²) in [7, 11) is 0. The lowest BCUT2D eigenvalue weighted by Gasteiger charge is -2.36. The van der Waals surface area contributed by atoms with Gasteiger partial charge in [0.05, 0.1) is 33.0 Å². The fraction of sp³-hybridized carbons (Fsp3) is 0.486. The number of esters is 1. The van der Waals surface area contributed by atoms with Crippen molar-refractivity contribution in [1.82, 2.24) is 0 Å². The number of unbranched alkanes of at least 4 members (excludes halogenated alkanes) is 8. The van der Waals surface area contributed by atoms with Crippen LogP contribution in [0.2, 0.25) is 0 Å². The Balaban J connectivity index is 1.31. The third-order valence-corrected chi connectivity index (χ3v) is 7.43. The molecule has 0 N–H and O–H groups in total. The van der Waals surface area contributed by atoms with Gasteiger partial charge in [0.1, 0.15) is 12.2 Å². The van der Waals surface area contributed by atoms with Gasteiger partial charge in [0, 0.05) is 6.42 Å². The minimum atomic E-state index is -0.748. The Kier molecular flexibility index (Phi) is 16.6. The minimum absolute atomic E-state index is 0.131. The van der Waals surface area contributed by atoms with Crippen LogP contribution < -0.4 is 0 Å². The van der Waals surface area contributed by atoms with E-state index in [4.69, 9.17) is 18.9 Å². The summed E-state index contributed by atoms with van der Waals surface area (Å²) in [6, 6.07) is 31.0. The quantitative estimate of drug-likeness (QED) is 0.0646. The summed E-state index contributed by atoms with van der Waals surface area (Å²) in [5, 5.41) is 0. The maximum Gasteiger partial charge on any atom is 0.305 e. The molecule has 5 heteroatoms. The molecule has 0 unspecified atom stereocenters. The molecule has 5 nitrogen and oxygen atoms in total. The van der Waals surface area contributed by atoms with E-state index >= 15 is 0 Å². The van der Waals surface area contributed by atoms with Gasteiger partial charge in [-0.15, -0.1) is 0 Å². The van der Waals surface area contributed by atoms with E-state index < -0.39 is 5.60 Å². The van der Waals surface area contributed by atoms with Crippen molar-refractivity contribution in [3.8, 4) is 0 Å². The van der Waals surface area contributed by atoms with Crippen LogP contribution in [0.5, 0.6) is 0 Å². The Bertz CT molecular complexity index is 974. The Labute approximate surface area is 253 Å². The Morgan fingerprint density at radius 2 is 0.929 bits per heavy atom. The molecule has 0 saturated heterocycles. The van der Waals surface area contributed by atoms with Gasteiger partial charge < -0.3 is 18.9 Å². The van der Waals surface area contributed by atoms with Crippen LogP contribution in [0.4, 0.5) is 0 Å². The molecule has 0 saturated carbocycles. The van der Waals surface area contributed by atoms with Crippen molar-refractivity contribution in [3.63, 3.8) is 0 Å². The highest BCUT2D eigenvalue weighted by molar-refractivity contribution is 5.69. The van der Waals surface area contributed by atoms with E-state index in [-0.39, 0.29) is 12.6 Å². The van der Waals surface area contributed by atoms with E-state index in [1.54, 1.807) is 0 Å². The van der Waals surface area contributed by atoms with E-state index in [2.05, 4.69) is 43.3 Å². The zero-order valence-corrected chi connectivity index (χ0v) is 25.5. The van der Waals surface area contributed by atoms with E-state index in [1.165, 1.54) is 44.9 Å². The topological polar surface area (TPSA) is 54.0 Å². The third-order valence-electron chi connectivity index (χ3n) is 7.43. The molecule has 3 rings (SSSR count). The van der Waals surface area contributed by atoms with Crippen molar-refractivity contribution in [1.29, 1.82) is 0 Å². The largest absolute Gasteiger partial charge is 0.463 e. The lowest BCUT2D eigenvalue weighted by molar-refractivity contribution is -0.145. The second kappa shape index (κ2) is 20.8. The molecule has 0 spiro atoms. The molecule has 0 aliphatic rings. The summed E-state index contributed by atoms with van der Waals surface area (Å²) in [4.78, 5) is 11.9. The lowest BCUT2D eigenvalue weighted by atomic mass is 9.80. The fourth-order valence-electron chi connectivity index (χ4n) is 5.21. The zero-order chi connectivity index (χ0) is 29.6. The van der Waals surface area contributed by atoms with Gasteiger partial charge in [0.2, 0.25) is 0 Å². The molecular weight excluding hydrogens is 524 g/mol. The highest BCUT2D eigenvalue weighted by Crippen LogP contribution is 2.40. The van der Waals surface area contributed by atoms with Gasteiger partial charge in [-0.2, -0.15) is 0 Å². The van der Waals surface area contributed by atoms with Crippen LogP contribution in [-0.2, 0) is 29.3 Å². The van der Waals surface area contributed by atoms with E-state index in [0.717, 1.165) is 29.5 Å². The van der Waals surface area contributed by atoms with Crippen LogP contribution in [0, 0.1) is 0 Å². The number of ether oxygens (including phenoxy) is 4. The van der Waals surface area contributed by atoms with Gasteiger partial charge in [-0.3, -0.25) is 4.79 Å². The molecule has 0 fully saturated rings. The molecule has 0 amide bonds. The molecule has 0 heterocycles. The molecule has 0 bridgehead atoms. The second-order valence-electron chi connectivity index (χ2n) is 10.7. The average Bonchev–Trinajstić information content (AvgIpc) is 3.04. The highest BCUT2D eigenvalue weighted by Gasteiger charge is 2.37. The van der Waals surface area contributed by atoms with Crippen molar-refractivity contribution in [2.24, 2.45) is 0 Å². The first-order valence-electron chi connectivity index (χ1n) is 15.9. The predicted molar refractivity (Wildman–Crippen MR) is 170 cm³/mol. The summed E-state index contributed by atoms with van der Waals surface area (Å²) in [6.07, 6.45) is 11.6. The average molecular weight is 575 g/mol. The molecule has 42 heavy (non-hydrogen) atoms. The van der Waals surface area contributed by atoms with Crippen LogP contribution in [0.3, 0.4) is 0 Å². The van der Waals surface area contributed by atoms with Crippen molar-refractivity contribution in [2.45, 2.75) is 76.7 Å². The van der Waals surface area contributed by atoms with Crippen molar-refractivity contribution < 1.29 is 23.7 Å². The summed E-state index contributed by atoms with van der Waals surface area (Å²) < 4.78 is 23.4. The van der Waals surface area contributed by atoms with Crippen LogP contribution >= 0.6 is 0 Å². The summed E-state index contributed by atoms with van der Waals surface area (Å²) >= 11 is 0. The molecule has 0 aliphatic heterocycles. The minimum Gasteiger partial charge on any atom is -0.463 e. The summed E-state index contributed by atoms with van der Waals surface area (Å²) in [6.45, 7) is 4.64. The van der Waals surface area contributed by atoms with Gasteiger partial charge in [-0.1, -0.05) is 149 Å². The van der Waals surface area contributed by atoms with Crippen LogP contribution in [0.1, 0.15) is 87.8 Å². The standard InChI is InChI=1S/C37H50O5/c1-2-3-4-5-6-7-8-9-19-26-36(38)41-31-29-39-27-28-40-30-32-42-37(33-20-13-10-14-21-33,34-22-15-11-16-23-34)35-24-17-12-18-25-35/h10-18,20-25H,2-9,19,26-32H2,1H3. The molecule has 3 aromatic rings. The van der Waals surface area contributed by atoms with E-state index in [0.29, 0.717) is 39.5 Å². The summed E-state index contributed by atoms with van der Waals surface area (Å²) in [5.74, 6) is -0.131. The van der Waals surface area contributed by atoms with Crippen molar-refractivity contribution in [2.75, 3.05) is 39.6 Å². The molecular formula is C37H50O5. The molecule has 0 atom stereocenters. The number of carbonyl (C=O) groups is 1. The van der Waals surface area contributed by atoms with Crippen LogP contribution in [0.15, 0.2) is 91.0 Å². The van der Waals surface area contributed by atoms with Gasteiger partial charge >= 0.3 is 5.97 Å². The SMILES string of the molecule is CCCCCCCCCCCC(=O)OCCOCCOCCOC(c1ccccc1)(c1ccccc1)c1ccccc1. The molecule has 3 aromatic carbocycles. The molecule has 0 radical (unpaired) electrons. The van der Waals surface area contributed by atoms with Gasteiger partial charge in [-0.05, 0) is 23.1 Å². The maximum absolute atomic E-state index is 11.9. The van der Waals surface area contributed by atoms with Crippen molar-refractivity contribution in [3.05, 3.63) is 108 Å². The Morgan fingerprint density at radius 3 is 1.40 bits per heavy atom. The first-order chi connectivity index (χ1) is 20.8. The smallest absolute Gasteiger partial charge is 0.305 e. The van der Waals surface area contributed by atoms with Gasteiger partial charge in [-0.25, -0.2) is 0 Å². The molecule has 0 aliphatic carbocycles. The van der Waals surface area contributed by atoms with Crippen LogP contribution in [0.25, 0.3) is 0 Å². The number of hydrogen-bond acceptors (Lipinski definition) is 5. The Hall–Kier alpha value is -2.99. The molecule has 0 aromatic heterocycles. The number of carbonyl (C=O) groups excluding carboxylic acids is 1. The first kappa shape index (κ1) is 33.5. The van der Waals surface area contributed by atoms with E-state index in [1.807, 2.05) is 54.6 Å². The van der Waals surface area contributed by atoms with E-state index in [9.17, 15) is 4.79 Å². The van der Waals surface area contributed by atoms with Crippen LogP contribution in [-0.4, -0.2) is 45.6 Å². The van der Waals surface area contributed by atoms with Crippen molar-refractivity contribution >= 4 is 5.97 Å². The first-order valence-corrected chi connectivity index (χ1v) is 15.9. The number of benzene rings is 3.